The van der Waals surface area contributed by atoms with E-state index in [1.807, 2.05) is 31.2 Å². The van der Waals surface area contributed by atoms with Gasteiger partial charge in [0.2, 0.25) is 0 Å². The third kappa shape index (κ3) is 3.05. The number of hydrogen-bond donors (Lipinski definition) is 1. The molecule has 2 aromatic rings. The monoisotopic (exact) mass is 248 g/mol. The molecule has 0 unspecified atom stereocenters. The van der Waals surface area contributed by atoms with Crippen molar-refractivity contribution in [3.63, 3.8) is 0 Å². The molecule has 0 atom stereocenters. The van der Waals surface area contributed by atoms with Crippen molar-refractivity contribution in [3.05, 3.63) is 35.3 Å². The first-order chi connectivity index (χ1) is 8.33. The highest BCUT2D eigenvalue weighted by molar-refractivity contribution is 7.13. The van der Waals surface area contributed by atoms with Crippen LogP contribution in [0.1, 0.15) is 12.6 Å². The largest absolute Gasteiger partial charge is 0.494 e. The molecule has 0 bridgehead atoms. The third-order valence-electron chi connectivity index (χ3n) is 2.34. The highest BCUT2D eigenvalue weighted by Crippen LogP contribution is 2.26. The molecule has 1 heterocycles. The first-order valence-corrected chi connectivity index (χ1v) is 6.59. The molecular formula is C13H16N2OS. The highest BCUT2D eigenvalue weighted by atomic mass is 32.1. The molecule has 2 rings (SSSR count). The Morgan fingerprint density at radius 3 is 3.06 bits per heavy atom. The molecule has 17 heavy (non-hydrogen) atoms. The molecule has 0 aliphatic heterocycles. The molecule has 0 aliphatic carbocycles. The van der Waals surface area contributed by atoms with Gasteiger partial charge in [-0.25, -0.2) is 4.98 Å². The van der Waals surface area contributed by atoms with Crippen LogP contribution in [-0.2, 0) is 6.42 Å². The average molecular weight is 248 g/mol. The Balaban J connectivity index is 2.22. The minimum Gasteiger partial charge on any atom is -0.494 e. The second kappa shape index (κ2) is 5.80. The van der Waals surface area contributed by atoms with E-state index in [4.69, 9.17) is 10.5 Å². The lowest BCUT2D eigenvalue weighted by molar-refractivity contribution is 0.340. The predicted molar refractivity (Wildman–Crippen MR) is 71.5 cm³/mol. The zero-order valence-electron chi connectivity index (χ0n) is 9.85. The van der Waals surface area contributed by atoms with Crippen LogP contribution in [0.4, 0.5) is 0 Å². The standard InChI is InChI=1S/C13H16N2OS/c1-2-16-12-5-3-4-10(8-12)13-15-11(6-7-14)9-17-13/h3-5,8-9H,2,6-7,14H2,1H3. The maximum atomic E-state index is 5.52. The summed E-state index contributed by atoms with van der Waals surface area (Å²) < 4.78 is 5.48. The molecule has 0 saturated carbocycles. The van der Waals surface area contributed by atoms with Crippen LogP contribution in [0.2, 0.25) is 0 Å². The van der Waals surface area contributed by atoms with Crippen molar-refractivity contribution >= 4 is 11.3 Å². The summed E-state index contributed by atoms with van der Waals surface area (Å²) in [5.41, 5.74) is 7.68. The molecule has 0 fully saturated rings. The Bertz CT molecular complexity index is 482. The molecule has 1 aromatic heterocycles. The van der Waals surface area contributed by atoms with E-state index in [1.165, 1.54) is 0 Å². The number of hydrogen-bond acceptors (Lipinski definition) is 4. The Morgan fingerprint density at radius 2 is 2.29 bits per heavy atom. The van der Waals surface area contributed by atoms with E-state index in [0.717, 1.165) is 28.4 Å². The fourth-order valence-electron chi connectivity index (χ4n) is 1.59. The summed E-state index contributed by atoms with van der Waals surface area (Å²) >= 11 is 1.65. The van der Waals surface area contributed by atoms with E-state index in [2.05, 4.69) is 10.4 Å². The van der Waals surface area contributed by atoms with Crippen LogP contribution < -0.4 is 10.5 Å². The molecule has 4 heteroatoms. The van der Waals surface area contributed by atoms with Crippen molar-refractivity contribution in [2.45, 2.75) is 13.3 Å². The van der Waals surface area contributed by atoms with Crippen molar-refractivity contribution in [1.82, 2.24) is 4.98 Å². The summed E-state index contributed by atoms with van der Waals surface area (Å²) in [7, 11) is 0. The number of rotatable bonds is 5. The number of ether oxygens (including phenoxy) is 1. The molecule has 90 valence electrons. The summed E-state index contributed by atoms with van der Waals surface area (Å²) in [6.07, 6.45) is 0.835. The van der Waals surface area contributed by atoms with Crippen molar-refractivity contribution in [2.75, 3.05) is 13.2 Å². The smallest absolute Gasteiger partial charge is 0.123 e. The molecular weight excluding hydrogens is 232 g/mol. The van der Waals surface area contributed by atoms with Crippen LogP contribution in [-0.4, -0.2) is 18.1 Å². The van der Waals surface area contributed by atoms with Crippen LogP contribution in [0.15, 0.2) is 29.6 Å². The SMILES string of the molecule is CCOc1cccc(-c2nc(CCN)cs2)c1. The van der Waals surface area contributed by atoms with Gasteiger partial charge >= 0.3 is 0 Å². The van der Waals surface area contributed by atoms with Gasteiger partial charge in [0.15, 0.2) is 0 Å². The van der Waals surface area contributed by atoms with Gasteiger partial charge in [-0.3, -0.25) is 0 Å². The van der Waals surface area contributed by atoms with Gasteiger partial charge in [0.25, 0.3) is 0 Å². The van der Waals surface area contributed by atoms with E-state index in [-0.39, 0.29) is 0 Å². The topological polar surface area (TPSA) is 48.1 Å². The summed E-state index contributed by atoms with van der Waals surface area (Å²) in [4.78, 5) is 4.55. The van der Waals surface area contributed by atoms with Gasteiger partial charge in [-0.15, -0.1) is 11.3 Å². The number of benzene rings is 1. The van der Waals surface area contributed by atoms with Crippen molar-refractivity contribution < 1.29 is 4.74 Å². The van der Waals surface area contributed by atoms with Gasteiger partial charge in [0.05, 0.1) is 12.3 Å². The molecule has 3 nitrogen and oxygen atoms in total. The van der Waals surface area contributed by atoms with Crippen LogP contribution >= 0.6 is 11.3 Å². The quantitative estimate of drug-likeness (QED) is 0.885. The van der Waals surface area contributed by atoms with E-state index in [0.29, 0.717) is 13.2 Å². The maximum Gasteiger partial charge on any atom is 0.123 e. The zero-order chi connectivity index (χ0) is 12.1. The fraction of sp³-hybridized carbons (Fsp3) is 0.308. The lowest BCUT2D eigenvalue weighted by atomic mass is 10.2. The van der Waals surface area contributed by atoms with E-state index in [1.54, 1.807) is 11.3 Å². The van der Waals surface area contributed by atoms with Gasteiger partial charge < -0.3 is 10.5 Å². The van der Waals surface area contributed by atoms with Gasteiger partial charge in [-0.05, 0) is 25.6 Å². The molecule has 0 aliphatic rings. The summed E-state index contributed by atoms with van der Waals surface area (Å²) in [6.45, 7) is 3.30. The lowest BCUT2D eigenvalue weighted by Gasteiger charge is -2.03. The summed E-state index contributed by atoms with van der Waals surface area (Å²) in [5, 5.41) is 3.09. The average Bonchev–Trinajstić information content (AvgIpc) is 2.79. The Hall–Kier alpha value is -1.39. The first-order valence-electron chi connectivity index (χ1n) is 5.71. The maximum absolute atomic E-state index is 5.52. The van der Waals surface area contributed by atoms with E-state index in [9.17, 15) is 0 Å². The zero-order valence-corrected chi connectivity index (χ0v) is 10.7. The Morgan fingerprint density at radius 1 is 1.41 bits per heavy atom. The van der Waals surface area contributed by atoms with Crippen LogP contribution in [0, 0.1) is 0 Å². The normalized spacial score (nSPS) is 10.5. The predicted octanol–water partition coefficient (Wildman–Crippen LogP) is 2.71. The molecule has 0 saturated heterocycles. The number of nitrogens with zero attached hydrogens (tertiary/aromatic N) is 1. The van der Waals surface area contributed by atoms with Crippen molar-refractivity contribution in [3.8, 4) is 16.3 Å². The second-order valence-electron chi connectivity index (χ2n) is 3.64. The first kappa shape index (κ1) is 12.1. The van der Waals surface area contributed by atoms with Gasteiger partial charge in [-0.1, -0.05) is 12.1 Å². The highest BCUT2D eigenvalue weighted by Gasteiger charge is 2.05. The van der Waals surface area contributed by atoms with E-state index < -0.39 is 0 Å². The lowest BCUT2D eigenvalue weighted by Crippen LogP contribution is -2.02. The van der Waals surface area contributed by atoms with Gasteiger partial charge in [-0.2, -0.15) is 0 Å². The second-order valence-corrected chi connectivity index (χ2v) is 4.50. The minimum absolute atomic E-state index is 0.641. The fourth-order valence-corrected chi connectivity index (χ4v) is 2.44. The molecule has 0 spiro atoms. The van der Waals surface area contributed by atoms with E-state index >= 15 is 0 Å². The van der Waals surface area contributed by atoms with Crippen LogP contribution in [0.5, 0.6) is 5.75 Å². The Labute approximate surface area is 105 Å². The molecule has 0 amide bonds. The Kier molecular flexibility index (Phi) is 4.12. The van der Waals surface area contributed by atoms with Crippen LogP contribution in [0.3, 0.4) is 0 Å². The number of nitrogens with two attached hydrogens (primary N) is 1. The minimum atomic E-state index is 0.641. The molecule has 1 aromatic carbocycles. The molecule has 2 N–H and O–H groups in total. The molecule has 0 radical (unpaired) electrons. The van der Waals surface area contributed by atoms with Crippen molar-refractivity contribution in [1.29, 1.82) is 0 Å². The van der Waals surface area contributed by atoms with Crippen molar-refractivity contribution in [2.24, 2.45) is 5.73 Å². The summed E-state index contributed by atoms with van der Waals surface area (Å²) in [5.74, 6) is 0.889. The number of thiazole rings is 1. The van der Waals surface area contributed by atoms with Gasteiger partial charge in [0, 0.05) is 17.4 Å². The number of aromatic nitrogens is 1. The van der Waals surface area contributed by atoms with Crippen LogP contribution in [0.25, 0.3) is 10.6 Å². The van der Waals surface area contributed by atoms with Gasteiger partial charge in [0.1, 0.15) is 10.8 Å². The third-order valence-corrected chi connectivity index (χ3v) is 3.28. The summed E-state index contributed by atoms with van der Waals surface area (Å²) in [6, 6.07) is 8.02.